The van der Waals surface area contributed by atoms with Crippen LogP contribution < -0.4 is 4.90 Å². The van der Waals surface area contributed by atoms with E-state index in [-0.39, 0.29) is 5.75 Å². The van der Waals surface area contributed by atoms with Gasteiger partial charge in [0, 0.05) is 0 Å². The Hall–Kier alpha value is -3.38. The molecular weight excluding hydrogens is 385 g/mol. The monoisotopic (exact) mass is 407 g/mol. The number of aliphatic hydroxyl groups is 1. The number of aliphatic hydroxyl groups excluding tert-OH is 1. The van der Waals surface area contributed by atoms with Crippen molar-refractivity contribution in [2.45, 2.75) is 31.1 Å². The molecule has 4 rings (SSSR count). The fourth-order valence-electron chi connectivity index (χ4n) is 3.83. The van der Waals surface area contributed by atoms with Crippen molar-refractivity contribution in [2.75, 3.05) is 4.90 Å². The van der Waals surface area contributed by atoms with Gasteiger partial charge in [0.25, 0.3) is 0 Å². The Bertz CT molecular complexity index is 1010. The Morgan fingerprint density at radius 2 is 1.73 bits per heavy atom. The summed E-state index contributed by atoms with van der Waals surface area (Å²) in [4.78, 5) is 14.1. The maximum atomic E-state index is 13.8. The molecule has 3 atom stereocenters. The van der Waals surface area contributed by atoms with Crippen LogP contribution in [-0.2, 0) is 11.2 Å². The first-order chi connectivity index (χ1) is 14.5. The lowest BCUT2D eigenvalue weighted by Crippen LogP contribution is -2.43. The first-order valence-corrected chi connectivity index (χ1v) is 9.79. The number of carbonyl (C=O) groups is 1. The molecule has 0 bridgehead atoms. The Morgan fingerprint density at radius 1 is 1.00 bits per heavy atom. The molecule has 0 unspecified atom stereocenters. The number of cyclic esters (lactones) is 1. The van der Waals surface area contributed by atoms with Gasteiger partial charge in [-0.15, -0.1) is 0 Å². The molecule has 0 radical (unpaired) electrons. The summed E-state index contributed by atoms with van der Waals surface area (Å²) in [5.74, 6) is -0.392. The minimum atomic E-state index is -0.918. The van der Waals surface area contributed by atoms with Crippen molar-refractivity contribution in [3.8, 4) is 5.75 Å². The highest BCUT2D eigenvalue weighted by Gasteiger charge is 2.47. The second kappa shape index (κ2) is 8.55. The van der Waals surface area contributed by atoms with Crippen molar-refractivity contribution in [1.82, 2.24) is 0 Å². The third kappa shape index (κ3) is 4.14. The fourth-order valence-corrected chi connectivity index (χ4v) is 3.83. The number of phenolic OH excluding ortho intramolecular Hbond substituents is 1. The van der Waals surface area contributed by atoms with Crippen molar-refractivity contribution in [2.24, 2.45) is 0 Å². The van der Waals surface area contributed by atoms with Crippen LogP contribution in [0.4, 0.5) is 14.9 Å². The highest BCUT2D eigenvalue weighted by atomic mass is 19.1. The summed E-state index contributed by atoms with van der Waals surface area (Å²) in [6.45, 7) is 0. The Kier molecular flexibility index (Phi) is 5.68. The van der Waals surface area contributed by atoms with Crippen LogP contribution >= 0.6 is 0 Å². The SMILES string of the molecule is O=C1O[C@@H](c2ccc(O)cc2)[C@@H]([C@H](O)CCc2ccccc2)N1c1cccc(F)c1. The zero-order valence-electron chi connectivity index (χ0n) is 16.2. The van der Waals surface area contributed by atoms with E-state index in [9.17, 15) is 19.4 Å². The van der Waals surface area contributed by atoms with Gasteiger partial charge >= 0.3 is 6.09 Å². The third-order valence-electron chi connectivity index (χ3n) is 5.31. The van der Waals surface area contributed by atoms with Gasteiger partial charge in [-0.05, 0) is 54.3 Å². The van der Waals surface area contributed by atoms with Gasteiger partial charge in [-0.25, -0.2) is 9.18 Å². The van der Waals surface area contributed by atoms with Crippen molar-refractivity contribution in [1.29, 1.82) is 0 Å². The van der Waals surface area contributed by atoms with E-state index in [0.29, 0.717) is 24.1 Å². The van der Waals surface area contributed by atoms with Crippen LogP contribution in [0.5, 0.6) is 5.75 Å². The van der Waals surface area contributed by atoms with Crippen LogP contribution in [0, 0.1) is 5.82 Å². The topological polar surface area (TPSA) is 70.0 Å². The van der Waals surface area contributed by atoms with Gasteiger partial charge in [0.2, 0.25) is 0 Å². The molecular formula is C24H22FNO4. The second-order valence-corrected chi connectivity index (χ2v) is 7.33. The van der Waals surface area contributed by atoms with Gasteiger partial charge in [-0.3, -0.25) is 4.90 Å². The Balaban J connectivity index is 1.66. The average Bonchev–Trinajstić information content (AvgIpc) is 3.10. The maximum Gasteiger partial charge on any atom is 0.415 e. The van der Waals surface area contributed by atoms with Gasteiger partial charge in [0.15, 0.2) is 6.10 Å². The molecule has 1 saturated heterocycles. The lowest BCUT2D eigenvalue weighted by molar-refractivity contribution is 0.0762. The van der Waals surface area contributed by atoms with Crippen LogP contribution in [-0.4, -0.2) is 28.5 Å². The van der Waals surface area contributed by atoms with Crippen LogP contribution in [0.25, 0.3) is 0 Å². The Morgan fingerprint density at radius 3 is 2.43 bits per heavy atom. The molecule has 3 aromatic rings. The number of nitrogens with zero attached hydrogens (tertiary/aromatic N) is 1. The zero-order chi connectivity index (χ0) is 21.1. The molecule has 6 heteroatoms. The lowest BCUT2D eigenvalue weighted by atomic mass is 9.93. The van der Waals surface area contributed by atoms with E-state index in [1.807, 2.05) is 30.3 Å². The van der Waals surface area contributed by atoms with E-state index in [2.05, 4.69) is 0 Å². The number of amides is 1. The normalized spacial score (nSPS) is 19.5. The molecule has 154 valence electrons. The van der Waals surface area contributed by atoms with Crippen LogP contribution in [0.15, 0.2) is 78.9 Å². The summed E-state index contributed by atoms with van der Waals surface area (Å²) in [6.07, 6.45) is -1.31. The summed E-state index contributed by atoms with van der Waals surface area (Å²) >= 11 is 0. The van der Waals surface area contributed by atoms with E-state index >= 15 is 0 Å². The molecule has 0 spiro atoms. The van der Waals surface area contributed by atoms with Gasteiger partial charge in [-0.2, -0.15) is 0 Å². The molecule has 1 aliphatic heterocycles. The van der Waals surface area contributed by atoms with Crippen molar-refractivity contribution < 1.29 is 24.1 Å². The molecule has 1 amide bonds. The molecule has 0 aromatic heterocycles. The number of phenols is 1. The van der Waals surface area contributed by atoms with Gasteiger partial charge in [-0.1, -0.05) is 48.5 Å². The van der Waals surface area contributed by atoms with Crippen molar-refractivity contribution in [3.63, 3.8) is 0 Å². The number of carbonyl (C=O) groups excluding carboxylic acids is 1. The van der Waals surface area contributed by atoms with Crippen molar-refractivity contribution in [3.05, 3.63) is 95.8 Å². The number of hydrogen-bond acceptors (Lipinski definition) is 4. The second-order valence-electron chi connectivity index (χ2n) is 7.33. The fraction of sp³-hybridized carbons (Fsp3) is 0.208. The lowest BCUT2D eigenvalue weighted by Gasteiger charge is -2.29. The smallest absolute Gasteiger partial charge is 0.415 e. The molecule has 5 nitrogen and oxygen atoms in total. The third-order valence-corrected chi connectivity index (χ3v) is 5.31. The quantitative estimate of drug-likeness (QED) is 0.627. The highest BCUT2D eigenvalue weighted by Crippen LogP contribution is 2.39. The molecule has 1 heterocycles. The molecule has 1 fully saturated rings. The predicted octanol–water partition coefficient (Wildman–Crippen LogP) is 4.59. The van der Waals surface area contributed by atoms with E-state index < -0.39 is 30.2 Å². The van der Waals surface area contributed by atoms with Gasteiger partial charge < -0.3 is 14.9 Å². The van der Waals surface area contributed by atoms with Crippen LogP contribution in [0.2, 0.25) is 0 Å². The molecule has 2 N–H and O–H groups in total. The molecule has 1 aliphatic rings. The van der Waals surface area contributed by atoms with Crippen LogP contribution in [0.3, 0.4) is 0 Å². The number of anilines is 1. The molecule has 3 aromatic carbocycles. The number of benzene rings is 3. The number of ether oxygens (including phenoxy) is 1. The minimum Gasteiger partial charge on any atom is -0.508 e. The number of aryl methyl sites for hydroxylation is 1. The number of rotatable bonds is 6. The van der Waals surface area contributed by atoms with E-state index in [0.717, 1.165) is 5.56 Å². The highest BCUT2D eigenvalue weighted by molar-refractivity contribution is 5.91. The summed E-state index contributed by atoms with van der Waals surface area (Å²) in [5.41, 5.74) is 2.04. The van der Waals surface area contributed by atoms with Crippen LogP contribution in [0.1, 0.15) is 23.7 Å². The Labute approximate surface area is 174 Å². The standard InChI is InChI=1S/C24H22FNO4/c25-18-7-4-8-19(15-18)26-22(21(28)14-9-16-5-2-1-3-6-16)23(30-24(26)29)17-10-12-20(27)13-11-17/h1-8,10-13,15,21-23,27-28H,9,14H2/t21-,22-,23+/m1/s1. The first kappa shape index (κ1) is 19.9. The summed E-state index contributed by atoms with van der Waals surface area (Å²) in [6, 6.07) is 21.0. The van der Waals surface area contributed by atoms with Gasteiger partial charge in [0.05, 0.1) is 11.8 Å². The first-order valence-electron chi connectivity index (χ1n) is 9.79. The van der Waals surface area contributed by atoms with E-state index in [1.165, 1.54) is 35.2 Å². The van der Waals surface area contributed by atoms with E-state index in [1.54, 1.807) is 18.2 Å². The zero-order valence-corrected chi connectivity index (χ0v) is 16.2. The molecule has 0 aliphatic carbocycles. The number of hydrogen-bond donors (Lipinski definition) is 2. The summed E-state index contributed by atoms with van der Waals surface area (Å²) in [7, 11) is 0. The summed E-state index contributed by atoms with van der Waals surface area (Å²) in [5, 5.41) is 20.7. The summed E-state index contributed by atoms with van der Waals surface area (Å²) < 4.78 is 19.4. The predicted molar refractivity (Wildman–Crippen MR) is 111 cm³/mol. The average molecular weight is 407 g/mol. The maximum absolute atomic E-state index is 13.8. The van der Waals surface area contributed by atoms with E-state index in [4.69, 9.17) is 4.74 Å². The molecule has 0 saturated carbocycles. The minimum absolute atomic E-state index is 0.0891. The number of aromatic hydroxyl groups is 1. The van der Waals surface area contributed by atoms with Gasteiger partial charge in [0.1, 0.15) is 17.6 Å². The largest absolute Gasteiger partial charge is 0.508 e. The molecule has 30 heavy (non-hydrogen) atoms. The van der Waals surface area contributed by atoms with Crippen molar-refractivity contribution >= 4 is 11.8 Å². The number of halogens is 1.